The van der Waals surface area contributed by atoms with E-state index in [1.54, 1.807) is 24.3 Å². The van der Waals surface area contributed by atoms with Gasteiger partial charge < -0.3 is 15.2 Å². The number of aromatic carboxylic acids is 1. The first-order valence-electron chi connectivity index (χ1n) is 8.68. The van der Waals surface area contributed by atoms with E-state index in [1.165, 1.54) is 7.11 Å². The highest BCUT2D eigenvalue weighted by Gasteiger charge is 2.40. The first kappa shape index (κ1) is 17.6. The van der Waals surface area contributed by atoms with Gasteiger partial charge in [0.25, 0.3) is 0 Å². The number of fused-ring (bicyclic) bond motifs is 3. The van der Waals surface area contributed by atoms with Gasteiger partial charge in [0.15, 0.2) is 0 Å². The van der Waals surface area contributed by atoms with Crippen LogP contribution in [-0.4, -0.2) is 24.2 Å². The number of ether oxygens (including phenoxy) is 1. The molecule has 1 aliphatic heterocycles. The van der Waals surface area contributed by atoms with Crippen LogP contribution in [0, 0.1) is 5.92 Å². The molecule has 1 heterocycles. The van der Waals surface area contributed by atoms with Crippen molar-refractivity contribution >= 4 is 29.2 Å². The van der Waals surface area contributed by atoms with Crippen LogP contribution in [0.15, 0.2) is 48.6 Å². The van der Waals surface area contributed by atoms with Crippen LogP contribution in [0.2, 0.25) is 5.02 Å². The molecule has 0 amide bonds. The van der Waals surface area contributed by atoms with Gasteiger partial charge in [-0.2, -0.15) is 0 Å². The third-order valence-electron chi connectivity index (χ3n) is 5.39. The first-order valence-corrected chi connectivity index (χ1v) is 9.06. The Hall–Kier alpha value is -2.79. The largest absolute Gasteiger partial charge is 0.478 e. The Morgan fingerprint density at radius 3 is 2.59 bits per heavy atom. The minimum absolute atomic E-state index is 0.0173. The molecule has 27 heavy (non-hydrogen) atoms. The van der Waals surface area contributed by atoms with E-state index in [4.69, 9.17) is 16.3 Å². The summed E-state index contributed by atoms with van der Waals surface area (Å²) in [5.74, 6) is -1.17. The van der Waals surface area contributed by atoms with Gasteiger partial charge in [-0.25, -0.2) is 9.59 Å². The van der Waals surface area contributed by atoms with Crippen molar-refractivity contribution in [3.8, 4) is 0 Å². The van der Waals surface area contributed by atoms with Crippen molar-refractivity contribution in [3.63, 3.8) is 0 Å². The quantitative estimate of drug-likeness (QED) is 0.596. The Kier molecular flexibility index (Phi) is 4.40. The number of carbonyl (C=O) groups is 2. The van der Waals surface area contributed by atoms with E-state index < -0.39 is 5.97 Å². The molecule has 0 spiro atoms. The second-order valence-electron chi connectivity index (χ2n) is 6.78. The summed E-state index contributed by atoms with van der Waals surface area (Å²) in [6, 6.07) is 10.4. The molecule has 0 saturated carbocycles. The zero-order valence-electron chi connectivity index (χ0n) is 14.6. The summed E-state index contributed by atoms with van der Waals surface area (Å²) in [7, 11) is 1.35. The minimum atomic E-state index is -0.954. The molecule has 5 nitrogen and oxygen atoms in total. The standard InChI is InChI=1S/C21H18ClNO4/c1-27-21(26)12-7-5-11(6-8-12)18-14-4-2-3-13(14)17-15(20(24)25)9-10-16(22)19(17)23-18/h2-3,5-10,13-14,18,23H,4H2,1H3,(H,24,25)/t13?,14?,18-/m0/s1. The number of nitrogens with one attached hydrogen (secondary N) is 1. The smallest absolute Gasteiger partial charge is 0.337 e. The molecule has 2 unspecified atom stereocenters. The summed E-state index contributed by atoms with van der Waals surface area (Å²) in [4.78, 5) is 23.4. The van der Waals surface area contributed by atoms with Crippen molar-refractivity contribution in [2.45, 2.75) is 18.4 Å². The normalized spacial score (nSPS) is 22.5. The molecule has 0 fully saturated rings. The number of carboxylic acid groups (broad SMARTS) is 1. The summed E-state index contributed by atoms with van der Waals surface area (Å²) in [5, 5.41) is 13.6. The number of benzene rings is 2. The molecular weight excluding hydrogens is 366 g/mol. The van der Waals surface area contributed by atoms with E-state index >= 15 is 0 Å². The van der Waals surface area contributed by atoms with Crippen LogP contribution < -0.4 is 5.32 Å². The van der Waals surface area contributed by atoms with Crippen LogP contribution in [0.5, 0.6) is 0 Å². The highest BCUT2D eigenvalue weighted by molar-refractivity contribution is 6.33. The Bertz CT molecular complexity index is 951. The van der Waals surface area contributed by atoms with Crippen molar-refractivity contribution in [1.82, 2.24) is 0 Å². The van der Waals surface area contributed by atoms with E-state index in [9.17, 15) is 14.7 Å². The van der Waals surface area contributed by atoms with E-state index in [0.29, 0.717) is 16.3 Å². The molecule has 0 aromatic heterocycles. The van der Waals surface area contributed by atoms with Crippen LogP contribution in [-0.2, 0) is 4.74 Å². The minimum Gasteiger partial charge on any atom is -0.478 e. The third-order valence-corrected chi connectivity index (χ3v) is 5.71. The second kappa shape index (κ2) is 6.74. The molecule has 3 atom stereocenters. The molecule has 0 bridgehead atoms. The molecular formula is C21H18ClNO4. The number of methoxy groups -OCH3 is 1. The topological polar surface area (TPSA) is 75.6 Å². The predicted octanol–water partition coefficient (Wildman–Crippen LogP) is 4.65. The molecule has 2 aliphatic rings. The molecule has 2 aromatic rings. The number of esters is 1. The molecule has 0 radical (unpaired) electrons. The van der Waals surface area contributed by atoms with Crippen molar-refractivity contribution in [3.05, 3.63) is 75.8 Å². The van der Waals surface area contributed by atoms with Crippen LogP contribution in [0.1, 0.15) is 50.2 Å². The third kappa shape index (κ3) is 2.88. The second-order valence-corrected chi connectivity index (χ2v) is 7.19. The van der Waals surface area contributed by atoms with E-state index in [0.717, 1.165) is 17.5 Å². The zero-order chi connectivity index (χ0) is 19.1. The average Bonchev–Trinajstić information content (AvgIpc) is 3.17. The van der Waals surface area contributed by atoms with Crippen LogP contribution in [0.4, 0.5) is 5.69 Å². The summed E-state index contributed by atoms with van der Waals surface area (Å²) in [6.07, 6.45) is 5.00. The maximum atomic E-state index is 11.7. The van der Waals surface area contributed by atoms with Gasteiger partial charge in [-0.15, -0.1) is 0 Å². The number of carbonyl (C=O) groups excluding carboxylic acids is 1. The summed E-state index contributed by atoms with van der Waals surface area (Å²) in [5.41, 5.74) is 3.21. The molecule has 2 aromatic carbocycles. The van der Waals surface area contributed by atoms with Crippen molar-refractivity contribution in [2.75, 3.05) is 12.4 Å². The summed E-state index contributed by atoms with van der Waals surface area (Å²) in [6.45, 7) is 0. The first-order chi connectivity index (χ1) is 13.0. The number of halogens is 1. The van der Waals surface area contributed by atoms with Gasteiger partial charge in [0.1, 0.15) is 0 Å². The van der Waals surface area contributed by atoms with Gasteiger partial charge >= 0.3 is 11.9 Å². The molecule has 2 N–H and O–H groups in total. The lowest BCUT2D eigenvalue weighted by molar-refractivity contribution is 0.0599. The van der Waals surface area contributed by atoms with Gasteiger partial charge in [-0.1, -0.05) is 35.9 Å². The summed E-state index contributed by atoms with van der Waals surface area (Å²) >= 11 is 6.41. The Balaban J connectivity index is 1.77. The van der Waals surface area contributed by atoms with Gasteiger partial charge in [-0.3, -0.25) is 0 Å². The molecule has 138 valence electrons. The lowest BCUT2D eigenvalue weighted by atomic mass is 9.75. The summed E-state index contributed by atoms with van der Waals surface area (Å²) < 4.78 is 4.75. The predicted molar refractivity (Wildman–Crippen MR) is 103 cm³/mol. The van der Waals surface area contributed by atoms with Gasteiger partial charge in [0.05, 0.1) is 35.0 Å². The van der Waals surface area contributed by atoms with E-state index in [2.05, 4.69) is 17.5 Å². The van der Waals surface area contributed by atoms with Gasteiger partial charge in [0.2, 0.25) is 0 Å². The molecule has 4 rings (SSSR count). The number of carboxylic acids is 1. The fraction of sp³-hybridized carbons (Fsp3) is 0.238. The zero-order valence-corrected chi connectivity index (χ0v) is 15.4. The number of allylic oxidation sites excluding steroid dienone is 2. The fourth-order valence-corrected chi connectivity index (χ4v) is 4.35. The Morgan fingerprint density at radius 1 is 1.19 bits per heavy atom. The molecule has 6 heteroatoms. The van der Waals surface area contributed by atoms with Gasteiger partial charge in [-0.05, 0) is 47.7 Å². The lowest BCUT2D eigenvalue weighted by Crippen LogP contribution is -2.30. The number of hydrogen-bond donors (Lipinski definition) is 2. The maximum Gasteiger partial charge on any atom is 0.337 e. The van der Waals surface area contributed by atoms with Gasteiger partial charge in [0, 0.05) is 5.92 Å². The average molecular weight is 384 g/mol. The monoisotopic (exact) mass is 383 g/mol. The van der Waals surface area contributed by atoms with E-state index in [1.807, 2.05) is 12.1 Å². The van der Waals surface area contributed by atoms with Crippen molar-refractivity contribution in [1.29, 1.82) is 0 Å². The Morgan fingerprint density at radius 2 is 1.93 bits per heavy atom. The lowest BCUT2D eigenvalue weighted by Gasteiger charge is -2.38. The van der Waals surface area contributed by atoms with Crippen LogP contribution in [0.3, 0.4) is 0 Å². The maximum absolute atomic E-state index is 11.7. The molecule has 1 aliphatic carbocycles. The highest BCUT2D eigenvalue weighted by atomic mass is 35.5. The SMILES string of the molecule is COC(=O)c1ccc([C@@H]2Nc3c(Cl)ccc(C(=O)O)c3C3C=CCC32)cc1. The number of anilines is 1. The Labute approximate surface area is 161 Å². The fourth-order valence-electron chi connectivity index (χ4n) is 4.14. The van der Waals surface area contributed by atoms with Crippen LogP contribution >= 0.6 is 11.6 Å². The van der Waals surface area contributed by atoms with Crippen molar-refractivity contribution in [2.24, 2.45) is 5.92 Å². The van der Waals surface area contributed by atoms with E-state index in [-0.39, 0.29) is 29.4 Å². The number of hydrogen-bond acceptors (Lipinski definition) is 4. The number of rotatable bonds is 3. The van der Waals surface area contributed by atoms with Crippen LogP contribution in [0.25, 0.3) is 0 Å². The van der Waals surface area contributed by atoms with Crippen molar-refractivity contribution < 1.29 is 19.4 Å². The molecule has 0 saturated heterocycles. The highest BCUT2D eigenvalue weighted by Crippen LogP contribution is 2.52.